The van der Waals surface area contributed by atoms with E-state index >= 15 is 0 Å². The average molecular weight is 424 g/mol. The summed E-state index contributed by atoms with van der Waals surface area (Å²) in [6.45, 7) is 3.63. The lowest BCUT2D eigenvalue weighted by atomic mass is 10.1. The summed E-state index contributed by atoms with van der Waals surface area (Å²) in [5.74, 6) is 0. The number of anilines is 1. The third-order valence-corrected chi connectivity index (χ3v) is 6.55. The lowest BCUT2D eigenvalue weighted by molar-refractivity contribution is 0.0730. The summed E-state index contributed by atoms with van der Waals surface area (Å²) < 4.78 is 32.1. The number of rotatable bonds is 5. The molecule has 28 heavy (non-hydrogen) atoms. The Hall–Kier alpha value is -2.13. The Balaban J connectivity index is 1.70. The smallest absolute Gasteiger partial charge is 0.319 e. The van der Waals surface area contributed by atoms with E-state index in [-0.39, 0.29) is 15.6 Å². The van der Waals surface area contributed by atoms with Crippen LogP contribution >= 0.6 is 11.6 Å². The van der Waals surface area contributed by atoms with Gasteiger partial charge < -0.3 is 15.4 Å². The number of hydrogen-bond donors (Lipinski definition) is 2. The molecule has 1 fully saturated rings. The highest BCUT2D eigenvalue weighted by molar-refractivity contribution is 7.89. The number of hydrogen-bond acceptors (Lipinski definition) is 4. The van der Waals surface area contributed by atoms with Gasteiger partial charge in [-0.1, -0.05) is 41.4 Å². The summed E-state index contributed by atoms with van der Waals surface area (Å²) in [5.41, 5.74) is 2.30. The Bertz CT molecular complexity index is 959. The average Bonchev–Trinajstić information content (AvgIpc) is 2.69. The molecule has 0 aromatic heterocycles. The molecule has 3 rings (SSSR count). The number of ether oxygens (including phenoxy) is 1. The Morgan fingerprint density at radius 3 is 2.64 bits per heavy atom. The number of morpholine rings is 1. The van der Waals surface area contributed by atoms with E-state index in [1.54, 1.807) is 0 Å². The van der Waals surface area contributed by atoms with Crippen molar-refractivity contribution in [3.63, 3.8) is 0 Å². The van der Waals surface area contributed by atoms with Gasteiger partial charge in [0, 0.05) is 19.6 Å². The number of halogens is 1. The van der Waals surface area contributed by atoms with Gasteiger partial charge in [0.1, 0.15) is 0 Å². The summed E-state index contributed by atoms with van der Waals surface area (Å²) in [5, 5.41) is 5.62. The molecule has 0 bridgehead atoms. The summed E-state index contributed by atoms with van der Waals surface area (Å²) in [6.07, 6.45) is 0. The molecule has 0 radical (unpaired) electrons. The number of benzene rings is 2. The van der Waals surface area contributed by atoms with Crippen LogP contribution in [0, 0.1) is 6.92 Å². The predicted molar refractivity (Wildman–Crippen MR) is 108 cm³/mol. The Kier molecular flexibility index (Phi) is 6.56. The monoisotopic (exact) mass is 423 g/mol. The van der Waals surface area contributed by atoms with Crippen molar-refractivity contribution < 1.29 is 17.9 Å². The van der Waals surface area contributed by atoms with Crippen LogP contribution in [0.25, 0.3) is 0 Å². The number of nitrogens with one attached hydrogen (secondary N) is 2. The fourth-order valence-electron chi connectivity index (χ4n) is 2.87. The van der Waals surface area contributed by atoms with E-state index in [2.05, 4.69) is 10.6 Å². The maximum Gasteiger partial charge on any atom is 0.319 e. The van der Waals surface area contributed by atoms with Gasteiger partial charge in [0.25, 0.3) is 0 Å². The molecule has 0 spiro atoms. The highest BCUT2D eigenvalue weighted by atomic mass is 35.5. The van der Waals surface area contributed by atoms with Gasteiger partial charge in [-0.3, -0.25) is 0 Å². The third-order valence-electron chi connectivity index (χ3n) is 4.33. The zero-order valence-electron chi connectivity index (χ0n) is 15.4. The molecule has 2 aromatic carbocycles. The highest BCUT2D eigenvalue weighted by Crippen LogP contribution is 2.27. The zero-order valence-corrected chi connectivity index (χ0v) is 17.0. The molecule has 0 unspecified atom stereocenters. The zero-order chi connectivity index (χ0) is 20.1. The minimum Gasteiger partial charge on any atom is -0.379 e. The van der Waals surface area contributed by atoms with Crippen LogP contribution in [-0.2, 0) is 21.3 Å². The molecule has 1 aliphatic rings. The molecule has 0 aliphatic carbocycles. The topological polar surface area (TPSA) is 87.7 Å². The summed E-state index contributed by atoms with van der Waals surface area (Å²) in [7, 11) is -3.67. The SMILES string of the molecule is Cc1cccc(CNC(=O)Nc2cc(S(=O)(=O)N3CCOCC3)ccc2Cl)c1. The second kappa shape index (κ2) is 8.91. The maximum absolute atomic E-state index is 12.8. The van der Waals surface area contributed by atoms with E-state index in [1.165, 1.54) is 22.5 Å². The van der Waals surface area contributed by atoms with Gasteiger partial charge in [-0.05, 0) is 30.7 Å². The molecule has 1 heterocycles. The van der Waals surface area contributed by atoms with Crippen LogP contribution in [0.5, 0.6) is 0 Å². The number of carbonyl (C=O) groups excluding carboxylic acids is 1. The molecule has 2 aromatic rings. The van der Waals surface area contributed by atoms with Crippen molar-refractivity contribution in [2.75, 3.05) is 31.6 Å². The summed E-state index contributed by atoms with van der Waals surface area (Å²) >= 11 is 6.14. The first-order valence-corrected chi connectivity index (χ1v) is 10.7. The molecule has 2 N–H and O–H groups in total. The van der Waals surface area contributed by atoms with Crippen LogP contribution in [0.15, 0.2) is 47.4 Å². The number of nitrogens with zero attached hydrogens (tertiary/aromatic N) is 1. The number of aryl methyl sites for hydroxylation is 1. The van der Waals surface area contributed by atoms with Gasteiger partial charge in [-0.15, -0.1) is 0 Å². The predicted octanol–water partition coefficient (Wildman–Crippen LogP) is 2.99. The molecular formula is C19H22ClN3O4S. The minimum atomic E-state index is -3.67. The van der Waals surface area contributed by atoms with Crippen LogP contribution in [0.2, 0.25) is 5.02 Å². The van der Waals surface area contributed by atoms with Crippen LogP contribution in [-0.4, -0.2) is 45.1 Å². The van der Waals surface area contributed by atoms with Gasteiger partial charge in [-0.2, -0.15) is 4.31 Å². The van der Waals surface area contributed by atoms with Gasteiger partial charge >= 0.3 is 6.03 Å². The summed E-state index contributed by atoms with van der Waals surface area (Å²) in [6, 6.07) is 11.6. The molecular weight excluding hydrogens is 402 g/mol. The van der Waals surface area contributed by atoms with E-state index in [4.69, 9.17) is 16.3 Å². The van der Waals surface area contributed by atoms with Crippen LogP contribution in [0.3, 0.4) is 0 Å². The van der Waals surface area contributed by atoms with Crippen LogP contribution < -0.4 is 10.6 Å². The first kappa shape index (κ1) is 20.6. The largest absolute Gasteiger partial charge is 0.379 e. The van der Waals surface area contributed by atoms with E-state index in [0.29, 0.717) is 32.8 Å². The van der Waals surface area contributed by atoms with Crippen molar-refractivity contribution in [1.29, 1.82) is 0 Å². The second-order valence-corrected chi connectivity index (χ2v) is 8.80. The van der Waals surface area contributed by atoms with E-state index in [9.17, 15) is 13.2 Å². The van der Waals surface area contributed by atoms with Gasteiger partial charge in [-0.25, -0.2) is 13.2 Å². The Labute approximate surface area is 169 Å². The standard InChI is InChI=1S/C19H22ClN3O4S/c1-14-3-2-4-15(11-14)13-21-19(24)22-18-12-16(5-6-17(18)20)28(25,26)23-7-9-27-10-8-23/h2-6,11-12H,7-10,13H2,1H3,(H2,21,22,24). The fraction of sp³-hybridized carbons (Fsp3) is 0.316. The number of urea groups is 1. The third kappa shape index (κ3) is 5.02. The highest BCUT2D eigenvalue weighted by Gasteiger charge is 2.27. The number of carbonyl (C=O) groups is 1. The van der Waals surface area contributed by atoms with Crippen molar-refractivity contribution >= 4 is 33.3 Å². The maximum atomic E-state index is 12.8. The van der Waals surface area contributed by atoms with E-state index < -0.39 is 16.1 Å². The minimum absolute atomic E-state index is 0.0767. The molecule has 1 saturated heterocycles. The fourth-order valence-corrected chi connectivity index (χ4v) is 4.47. The second-order valence-electron chi connectivity index (χ2n) is 6.45. The van der Waals surface area contributed by atoms with E-state index in [1.807, 2.05) is 31.2 Å². The van der Waals surface area contributed by atoms with Crippen LogP contribution in [0.4, 0.5) is 10.5 Å². The normalized spacial score (nSPS) is 15.2. The first-order chi connectivity index (χ1) is 13.4. The molecule has 7 nitrogen and oxygen atoms in total. The molecule has 1 aliphatic heterocycles. The van der Waals surface area contributed by atoms with Crippen LogP contribution in [0.1, 0.15) is 11.1 Å². The van der Waals surface area contributed by atoms with Crippen molar-refractivity contribution in [3.8, 4) is 0 Å². The van der Waals surface area contributed by atoms with Crippen molar-refractivity contribution in [2.45, 2.75) is 18.4 Å². The van der Waals surface area contributed by atoms with E-state index in [0.717, 1.165) is 11.1 Å². The molecule has 0 saturated carbocycles. The first-order valence-electron chi connectivity index (χ1n) is 8.84. The van der Waals surface area contributed by atoms with Gasteiger partial charge in [0.2, 0.25) is 10.0 Å². The Morgan fingerprint density at radius 2 is 1.93 bits per heavy atom. The molecule has 2 amide bonds. The lowest BCUT2D eigenvalue weighted by Gasteiger charge is -2.26. The molecule has 9 heteroatoms. The Morgan fingerprint density at radius 1 is 1.18 bits per heavy atom. The lowest BCUT2D eigenvalue weighted by Crippen LogP contribution is -2.40. The molecule has 0 atom stereocenters. The summed E-state index contributed by atoms with van der Waals surface area (Å²) in [4.78, 5) is 12.3. The number of sulfonamides is 1. The van der Waals surface area contributed by atoms with Crippen molar-refractivity contribution in [3.05, 3.63) is 58.6 Å². The van der Waals surface area contributed by atoms with Crippen molar-refractivity contribution in [2.24, 2.45) is 0 Å². The van der Waals surface area contributed by atoms with Gasteiger partial charge in [0.15, 0.2) is 0 Å². The molecule has 150 valence electrons. The van der Waals surface area contributed by atoms with Gasteiger partial charge in [0.05, 0.1) is 28.8 Å². The number of amides is 2. The van der Waals surface area contributed by atoms with Crippen molar-refractivity contribution in [1.82, 2.24) is 9.62 Å². The quantitative estimate of drug-likeness (QED) is 0.773.